The fourth-order valence-corrected chi connectivity index (χ4v) is 3.57. The molecule has 0 radical (unpaired) electrons. The van der Waals surface area contributed by atoms with Crippen molar-refractivity contribution in [1.82, 2.24) is 14.8 Å². The van der Waals surface area contributed by atoms with E-state index in [9.17, 15) is 9.59 Å². The van der Waals surface area contributed by atoms with Crippen LogP contribution in [0.1, 0.15) is 46.3 Å². The van der Waals surface area contributed by atoms with Gasteiger partial charge in [0.2, 0.25) is 0 Å². The van der Waals surface area contributed by atoms with Crippen LogP contribution in [0.25, 0.3) is 0 Å². The van der Waals surface area contributed by atoms with Crippen molar-refractivity contribution < 1.29 is 19.1 Å². The molecule has 2 unspecified atom stereocenters. The first kappa shape index (κ1) is 18.8. The molecule has 7 nitrogen and oxygen atoms in total. The van der Waals surface area contributed by atoms with E-state index < -0.39 is 5.60 Å². The molecule has 2 amide bonds. The van der Waals surface area contributed by atoms with E-state index in [1.807, 2.05) is 4.90 Å². The number of hydrogen-bond acceptors (Lipinski definition) is 5. The molecule has 1 aromatic rings. The zero-order valence-electron chi connectivity index (χ0n) is 15.9. The monoisotopic (exact) mass is 361 g/mol. The molecule has 2 aliphatic rings. The minimum atomic E-state index is -0.392. The highest BCUT2D eigenvalue weighted by atomic mass is 16.6. The molecule has 3 heterocycles. The SMILES string of the molecule is CCC1CN(C(=O)c2ccc(C(=O)N(C)C)nc2C)CC2(CCOC2)O1. The van der Waals surface area contributed by atoms with E-state index in [0.717, 1.165) is 12.8 Å². The summed E-state index contributed by atoms with van der Waals surface area (Å²) in [6, 6.07) is 3.32. The van der Waals surface area contributed by atoms with Crippen LogP contribution in [0.4, 0.5) is 0 Å². The van der Waals surface area contributed by atoms with E-state index in [1.54, 1.807) is 33.2 Å². The summed E-state index contributed by atoms with van der Waals surface area (Å²) in [5, 5.41) is 0. The van der Waals surface area contributed by atoms with Crippen LogP contribution in [0.15, 0.2) is 12.1 Å². The van der Waals surface area contributed by atoms with Crippen molar-refractivity contribution in [2.75, 3.05) is 40.4 Å². The normalized spacial score (nSPS) is 25.5. The van der Waals surface area contributed by atoms with E-state index in [0.29, 0.717) is 43.3 Å². The summed E-state index contributed by atoms with van der Waals surface area (Å²) in [5.41, 5.74) is 1.06. The third-order valence-corrected chi connectivity index (χ3v) is 5.07. The van der Waals surface area contributed by atoms with Gasteiger partial charge in [0.25, 0.3) is 11.8 Å². The number of carbonyl (C=O) groups is 2. The Kier molecular flexibility index (Phi) is 5.29. The topological polar surface area (TPSA) is 72.0 Å². The lowest BCUT2D eigenvalue weighted by Gasteiger charge is -2.43. The largest absolute Gasteiger partial charge is 0.378 e. The predicted molar refractivity (Wildman–Crippen MR) is 96.2 cm³/mol. The Morgan fingerprint density at radius 3 is 2.73 bits per heavy atom. The van der Waals surface area contributed by atoms with Gasteiger partial charge in [0, 0.05) is 33.7 Å². The minimum Gasteiger partial charge on any atom is -0.378 e. The van der Waals surface area contributed by atoms with Gasteiger partial charge >= 0.3 is 0 Å². The number of rotatable bonds is 3. The second-order valence-electron chi connectivity index (χ2n) is 7.35. The highest BCUT2D eigenvalue weighted by molar-refractivity contribution is 5.97. The number of carbonyl (C=O) groups excluding carboxylic acids is 2. The third kappa shape index (κ3) is 3.59. The first-order valence-electron chi connectivity index (χ1n) is 9.09. The molecule has 1 aromatic heterocycles. The average Bonchev–Trinajstić information content (AvgIpc) is 3.07. The summed E-state index contributed by atoms with van der Waals surface area (Å²) >= 11 is 0. The molecule has 0 N–H and O–H groups in total. The van der Waals surface area contributed by atoms with E-state index in [4.69, 9.17) is 9.47 Å². The number of nitrogens with zero attached hydrogens (tertiary/aromatic N) is 3. The molecule has 2 aliphatic heterocycles. The highest BCUT2D eigenvalue weighted by Crippen LogP contribution is 2.31. The van der Waals surface area contributed by atoms with Crippen molar-refractivity contribution >= 4 is 11.8 Å². The number of aromatic nitrogens is 1. The fraction of sp³-hybridized carbons (Fsp3) is 0.632. The molecule has 26 heavy (non-hydrogen) atoms. The summed E-state index contributed by atoms with van der Waals surface area (Å²) in [7, 11) is 3.36. The number of amides is 2. The van der Waals surface area contributed by atoms with Crippen LogP contribution in [0, 0.1) is 6.92 Å². The van der Waals surface area contributed by atoms with E-state index in [-0.39, 0.29) is 17.9 Å². The highest BCUT2D eigenvalue weighted by Gasteiger charge is 2.45. The van der Waals surface area contributed by atoms with E-state index >= 15 is 0 Å². The van der Waals surface area contributed by atoms with E-state index in [2.05, 4.69) is 11.9 Å². The summed E-state index contributed by atoms with van der Waals surface area (Å²) in [4.78, 5) is 32.9. The van der Waals surface area contributed by atoms with E-state index in [1.165, 1.54) is 4.90 Å². The molecular weight excluding hydrogens is 334 g/mol. The molecule has 3 rings (SSSR count). The lowest BCUT2D eigenvalue weighted by molar-refractivity contribution is -0.145. The standard InChI is InChI=1S/C19H27N3O4/c1-5-14-10-22(11-19(26-14)8-9-25-12-19)17(23)15-6-7-16(20-13(15)2)18(24)21(3)4/h6-7,14H,5,8-12H2,1-4H3. The first-order chi connectivity index (χ1) is 12.3. The summed E-state index contributed by atoms with van der Waals surface area (Å²) < 4.78 is 11.8. The summed E-state index contributed by atoms with van der Waals surface area (Å²) in [6.07, 6.45) is 1.66. The van der Waals surface area contributed by atoms with Gasteiger partial charge in [-0.15, -0.1) is 0 Å². The van der Waals surface area contributed by atoms with Gasteiger partial charge in [0.05, 0.1) is 30.5 Å². The predicted octanol–water partition coefficient (Wildman–Crippen LogP) is 1.50. The Labute approximate surface area is 154 Å². The Morgan fingerprint density at radius 1 is 1.38 bits per heavy atom. The molecule has 0 aromatic carbocycles. The number of morpholine rings is 1. The van der Waals surface area contributed by atoms with Crippen LogP contribution in [0.5, 0.6) is 0 Å². The second kappa shape index (κ2) is 7.32. The Balaban J connectivity index is 1.82. The Hall–Kier alpha value is -1.99. The maximum Gasteiger partial charge on any atom is 0.271 e. The lowest BCUT2D eigenvalue weighted by atomic mass is 9.97. The zero-order valence-corrected chi connectivity index (χ0v) is 15.9. The Morgan fingerprint density at radius 2 is 2.15 bits per heavy atom. The maximum absolute atomic E-state index is 13.1. The number of aryl methyl sites for hydroxylation is 1. The Bertz CT molecular complexity index is 698. The van der Waals surface area contributed by atoms with Gasteiger partial charge in [0.15, 0.2) is 0 Å². The van der Waals surface area contributed by atoms with Crippen LogP contribution in [-0.2, 0) is 9.47 Å². The van der Waals surface area contributed by atoms with Gasteiger partial charge in [-0.3, -0.25) is 9.59 Å². The average molecular weight is 361 g/mol. The van der Waals surface area contributed by atoms with Crippen molar-refractivity contribution in [3.8, 4) is 0 Å². The molecule has 7 heteroatoms. The second-order valence-corrected chi connectivity index (χ2v) is 7.35. The van der Waals surface area contributed by atoms with Crippen molar-refractivity contribution in [3.63, 3.8) is 0 Å². The third-order valence-electron chi connectivity index (χ3n) is 5.07. The van der Waals surface area contributed by atoms with Gasteiger partial charge in [-0.05, 0) is 25.5 Å². The van der Waals surface area contributed by atoms with Crippen molar-refractivity contribution in [2.45, 2.75) is 38.4 Å². The van der Waals surface area contributed by atoms with Crippen LogP contribution in [0.3, 0.4) is 0 Å². The molecule has 2 fully saturated rings. The zero-order chi connectivity index (χ0) is 18.9. The molecule has 2 saturated heterocycles. The minimum absolute atomic E-state index is 0.0113. The molecule has 142 valence electrons. The molecule has 0 bridgehead atoms. The number of pyridine rings is 1. The fourth-order valence-electron chi connectivity index (χ4n) is 3.57. The van der Waals surface area contributed by atoms with Gasteiger partial charge in [-0.2, -0.15) is 0 Å². The van der Waals surface area contributed by atoms with Crippen molar-refractivity contribution in [1.29, 1.82) is 0 Å². The lowest BCUT2D eigenvalue weighted by Crippen LogP contribution is -2.57. The van der Waals surface area contributed by atoms with Crippen LogP contribution in [-0.4, -0.2) is 78.7 Å². The summed E-state index contributed by atoms with van der Waals surface area (Å²) in [6.45, 7) is 6.12. The van der Waals surface area contributed by atoms with Crippen molar-refractivity contribution in [2.24, 2.45) is 0 Å². The van der Waals surface area contributed by atoms with Gasteiger partial charge in [0.1, 0.15) is 11.3 Å². The molecule has 0 saturated carbocycles. The van der Waals surface area contributed by atoms with Gasteiger partial charge < -0.3 is 19.3 Å². The number of ether oxygens (including phenoxy) is 2. The van der Waals surface area contributed by atoms with Crippen LogP contribution >= 0.6 is 0 Å². The molecule has 2 atom stereocenters. The molecule has 0 aliphatic carbocycles. The quantitative estimate of drug-likeness (QED) is 0.816. The van der Waals surface area contributed by atoms with Crippen LogP contribution < -0.4 is 0 Å². The molecule has 1 spiro atoms. The maximum atomic E-state index is 13.1. The van der Waals surface area contributed by atoms with Gasteiger partial charge in [-0.1, -0.05) is 6.92 Å². The molecular formula is C19H27N3O4. The smallest absolute Gasteiger partial charge is 0.271 e. The first-order valence-corrected chi connectivity index (χ1v) is 9.09. The summed E-state index contributed by atoms with van der Waals surface area (Å²) in [5.74, 6) is -0.238. The van der Waals surface area contributed by atoms with Crippen LogP contribution in [0.2, 0.25) is 0 Å². The van der Waals surface area contributed by atoms with Gasteiger partial charge in [-0.25, -0.2) is 4.98 Å². The van der Waals surface area contributed by atoms with Crippen molar-refractivity contribution in [3.05, 3.63) is 29.1 Å². The number of hydrogen-bond donors (Lipinski definition) is 0.